The normalized spacial score (nSPS) is 10.3. The van der Waals surface area contributed by atoms with Crippen molar-refractivity contribution in [1.82, 2.24) is 9.78 Å². The fourth-order valence-corrected chi connectivity index (χ4v) is 2.06. The van der Waals surface area contributed by atoms with E-state index in [0.29, 0.717) is 17.1 Å². The van der Waals surface area contributed by atoms with Crippen LogP contribution in [-0.4, -0.2) is 9.78 Å². The molecule has 0 aliphatic rings. The molecule has 0 aliphatic carbocycles. The summed E-state index contributed by atoms with van der Waals surface area (Å²) in [5.74, 6) is 1.30. The van der Waals surface area contributed by atoms with Gasteiger partial charge in [-0.05, 0) is 44.4 Å². The lowest BCUT2D eigenvalue weighted by Crippen LogP contribution is -1.99. The average Bonchev–Trinajstić information content (AvgIpc) is 2.64. The topological polar surface area (TPSA) is 50.8 Å². The van der Waals surface area contributed by atoms with Crippen molar-refractivity contribution < 1.29 is 4.74 Å². The first kappa shape index (κ1) is 13.2. The van der Waals surface area contributed by atoms with Gasteiger partial charge in [-0.1, -0.05) is 12.1 Å². The maximum Gasteiger partial charge on any atom is 0.235 e. The smallest absolute Gasteiger partial charge is 0.235 e. The summed E-state index contributed by atoms with van der Waals surface area (Å²) in [7, 11) is 1.78. The maximum atomic E-state index is 9.20. The molecule has 98 valence electrons. The standard InChI is InChI=1S/C15H17N3O/c1-9-6-7-10(2)14(11(9)3)19-15-13(8-16)12(4)17-18(15)5/h6-7H,1-5H3. The van der Waals surface area contributed by atoms with Crippen molar-refractivity contribution in [1.29, 1.82) is 5.26 Å². The van der Waals surface area contributed by atoms with E-state index in [1.54, 1.807) is 18.7 Å². The highest BCUT2D eigenvalue weighted by atomic mass is 16.5. The molecule has 1 aromatic heterocycles. The zero-order valence-corrected chi connectivity index (χ0v) is 11.9. The SMILES string of the molecule is Cc1ccc(C)c(Oc2c(C#N)c(C)nn2C)c1C. The zero-order valence-electron chi connectivity index (χ0n) is 11.9. The Labute approximate surface area is 113 Å². The molecule has 0 saturated carbocycles. The molecule has 4 heteroatoms. The van der Waals surface area contributed by atoms with E-state index < -0.39 is 0 Å². The van der Waals surface area contributed by atoms with Crippen LogP contribution < -0.4 is 4.74 Å². The van der Waals surface area contributed by atoms with Gasteiger partial charge < -0.3 is 4.74 Å². The first-order valence-electron chi connectivity index (χ1n) is 6.14. The van der Waals surface area contributed by atoms with Gasteiger partial charge in [-0.3, -0.25) is 0 Å². The molecule has 0 atom stereocenters. The summed E-state index contributed by atoms with van der Waals surface area (Å²) in [6, 6.07) is 6.24. The molecule has 0 aliphatic heterocycles. The highest BCUT2D eigenvalue weighted by Gasteiger charge is 2.17. The molecule has 1 aromatic carbocycles. The van der Waals surface area contributed by atoms with E-state index in [1.165, 1.54) is 0 Å². The highest BCUT2D eigenvalue weighted by Crippen LogP contribution is 2.32. The number of nitriles is 1. The summed E-state index contributed by atoms with van der Waals surface area (Å²) in [4.78, 5) is 0. The number of aryl methyl sites for hydroxylation is 4. The largest absolute Gasteiger partial charge is 0.437 e. The van der Waals surface area contributed by atoms with Crippen molar-refractivity contribution in [2.45, 2.75) is 27.7 Å². The van der Waals surface area contributed by atoms with Crippen LogP contribution >= 0.6 is 0 Å². The monoisotopic (exact) mass is 255 g/mol. The summed E-state index contributed by atoms with van der Waals surface area (Å²) >= 11 is 0. The van der Waals surface area contributed by atoms with Crippen molar-refractivity contribution in [3.8, 4) is 17.7 Å². The third-order valence-corrected chi connectivity index (χ3v) is 3.35. The van der Waals surface area contributed by atoms with E-state index in [0.717, 1.165) is 22.4 Å². The van der Waals surface area contributed by atoms with Crippen LogP contribution in [0.1, 0.15) is 27.9 Å². The number of hydrogen-bond donors (Lipinski definition) is 0. The van der Waals surface area contributed by atoms with Gasteiger partial charge in [0, 0.05) is 7.05 Å². The lowest BCUT2D eigenvalue weighted by atomic mass is 10.1. The second-order valence-corrected chi connectivity index (χ2v) is 4.76. The zero-order chi connectivity index (χ0) is 14.2. The second kappa shape index (κ2) is 4.77. The number of aromatic nitrogens is 2. The van der Waals surface area contributed by atoms with Crippen LogP contribution in [0.15, 0.2) is 12.1 Å². The fraction of sp³-hybridized carbons (Fsp3) is 0.333. The summed E-state index contributed by atoms with van der Waals surface area (Å²) in [5.41, 5.74) is 4.47. The van der Waals surface area contributed by atoms with Gasteiger partial charge in [-0.2, -0.15) is 10.4 Å². The predicted octanol–water partition coefficient (Wildman–Crippen LogP) is 3.32. The molecule has 0 fully saturated rings. The van der Waals surface area contributed by atoms with Crippen molar-refractivity contribution in [3.05, 3.63) is 40.1 Å². The Hall–Kier alpha value is -2.28. The van der Waals surface area contributed by atoms with Gasteiger partial charge in [0.1, 0.15) is 17.4 Å². The number of rotatable bonds is 2. The third-order valence-electron chi connectivity index (χ3n) is 3.35. The van der Waals surface area contributed by atoms with Crippen molar-refractivity contribution in [2.24, 2.45) is 7.05 Å². The molecule has 2 rings (SSSR count). The number of hydrogen-bond acceptors (Lipinski definition) is 3. The van der Waals surface area contributed by atoms with Gasteiger partial charge in [0.2, 0.25) is 5.88 Å². The molecule has 0 radical (unpaired) electrons. The molecule has 1 heterocycles. The first-order chi connectivity index (χ1) is 8.95. The Morgan fingerprint density at radius 1 is 1.16 bits per heavy atom. The fourth-order valence-electron chi connectivity index (χ4n) is 2.06. The predicted molar refractivity (Wildman–Crippen MR) is 73.4 cm³/mol. The van der Waals surface area contributed by atoms with E-state index >= 15 is 0 Å². The first-order valence-corrected chi connectivity index (χ1v) is 6.14. The van der Waals surface area contributed by atoms with Gasteiger partial charge in [0.15, 0.2) is 0 Å². The molecule has 0 amide bonds. The molecule has 0 spiro atoms. The quantitative estimate of drug-likeness (QED) is 0.827. The Bertz CT molecular complexity index is 678. The van der Waals surface area contributed by atoms with Crippen molar-refractivity contribution >= 4 is 0 Å². The molecule has 0 saturated heterocycles. The molecule has 0 N–H and O–H groups in total. The summed E-state index contributed by atoms with van der Waals surface area (Å²) in [5, 5.41) is 13.4. The maximum absolute atomic E-state index is 9.20. The highest BCUT2D eigenvalue weighted by molar-refractivity contribution is 5.49. The van der Waals surface area contributed by atoms with Crippen LogP contribution in [0.4, 0.5) is 0 Å². The molecule has 2 aromatic rings. The Kier molecular flexibility index (Phi) is 3.30. The minimum atomic E-state index is 0.489. The molecular formula is C15H17N3O. The minimum absolute atomic E-state index is 0.489. The number of nitrogens with zero attached hydrogens (tertiary/aromatic N) is 3. The lowest BCUT2D eigenvalue weighted by molar-refractivity contribution is 0.423. The molecule has 0 unspecified atom stereocenters. The van der Waals surface area contributed by atoms with Gasteiger partial charge in [0.05, 0.1) is 5.69 Å². The second-order valence-electron chi connectivity index (χ2n) is 4.76. The third kappa shape index (κ3) is 2.19. The summed E-state index contributed by atoms with van der Waals surface area (Å²) in [6.45, 7) is 7.87. The van der Waals surface area contributed by atoms with Gasteiger partial charge in [-0.15, -0.1) is 0 Å². The van der Waals surface area contributed by atoms with Gasteiger partial charge in [0.25, 0.3) is 0 Å². The van der Waals surface area contributed by atoms with E-state index in [4.69, 9.17) is 4.74 Å². The van der Waals surface area contributed by atoms with Crippen LogP contribution in [0.25, 0.3) is 0 Å². The molecule has 19 heavy (non-hydrogen) atoms. The van der Waals surface area contributed by atoms with E-state index in [2.05, 4.69) is 17.2 Å². The Morgan fingerprint density at radius 2 is 1.79 bits per heavy atom. The minimum Gasteiger partial charge on any atom is -0.437 e. The van der Waals surface area contributed by atoms with E-state index in [1.807, 2.05) is 26.8 Å². The van der Waals surface area contributed by atoms with Crippen LogP contribution in [0.3, 0.4) is 0 Å². The van der Waals surface area contributed by atoms with E-state index in [9.17, 15) is 5.26 Å². The van der Waals surface area contributed by atoms with Crippen LogP contribution in [0.5, 0.6) is 11.6 Å². The van der Waals surface area contributed by atoms with Crippen LogP contribution in [-0.2, 0) is 7.05 Å². The van der Waals surface area contributed by atoms with Crippen molar-refractivity contribution in [2.75, 3.05) is 0 Å². The molecule has 0 bridgehead atoms. The van der Waals surface area contributed by atoms with Gasteiger partial charge in [-0.25, -0.2) is 4.68 Å². The molecule has 4 nitrogen and oxygen atoms in total. The van der Waals surface area contributed by atoms with E-state index in [-0.39, 0.29) is 0 Å². The lowest BCUT2D eigenvalue weighted by Gasteiger charge is -2.13. The summed E-state index contributed by atoms with van der Waals surface area (Å²) < 4.78 is 7.58. The number of ether oxygens (including phenoxy) is 1. The summed E-state index contributed by atoms with van der Waals surface area (Å²) in [6.07, 6.45) is 0. The molecular weight excluding hydrogens is 238 g/mol. The Balaban J connectivity index is 2.54. The van der Waals surface area contributed by atoms with Crippen LogP contribution in [0, 0.1) is 39.0 Å². The number of benzene rings is 1. The average molecular weight is 255 g/mol. The van der Waals surface area contributed by atoms with Crippen molar-refractivity contribution in [3.63, 3.8) is 0 Å². The van der Waals surface area contributed by atoms with Crippen LogP contribution in [0.2, 0.25) is 0 Å². The van der Waals surface area contributed by atoms with Gasteiger partial charge >= 0.3 is 0 Å². The Morgan fingerprint density at radius 3 is 2.42 bits per heavy atom.